The molecule has 0 saturated heterocycles. The minimum atomic E-state index is -3.61. The van der Waals surface area contributed by atoms with E-state index < -0.39 is 10.0 Å². The fraction of sp³-hybridized carbons (Fsp3) is 0.158. The molecule has 0 radical (unpaired) electrons. The van der Waals surface area contributed by atoms with Crippen LogP contribution in [0, 0.1) is 0 Å². The van der Waals surface area contributed by atoms with E-state index in [0.29, 0.717) is 25.0 Å². The molecule has 2 aromatic heterocycles. The number of nitrogens with zero attached hydrogens (tertiary/aromatic N) is 2. The third-order valence-corrected chi connectivity index (χ3v) is 6.52. The molecule has 2 N–H and O–H groups in total. The number of pyridine rings is 1. The van der Waals surface area contributed by atoms with Gasteiger partial charge in [-0.15, -0.1) is 0 Å². The van der Waals surface area contributed by atoms with Gasteiger partial charge in [-0.2, -0.15) is 4.37 Å². The van der Waals surface area contributed by atoms with Crippen molar-refractivity contribution >= 4 is 48.4 Å². The molecule has 0 saturated carbocycles. The Labute approximate surface area is 161 Å². The number of sulfonamides is 1. The fourth-order valence-electron chi connectivity index (χ4n) is 2.89. The van der Waals surface area contributed by atoms with Gasteiger partial charge in [0.1, 0.15) is 10.7 Å². The number of nitrogens with one attached hydrogen (secondary N) is 2. The second kappa shape index (κ2) is 7.59. The van der Waals surface area contributed by atoms with Crippen molar-refractivity contribution in [3.63, 3.8) is 0 Å². The van der Waals surface area contributed by atoms with Gasteiger partial charge in [-0.05, 0) is 42.2 Å². The van der Waals surface area contributed by atoms with Gasteiger partial charge in [-0.3, -0.25) is 4.98 Å². The molecular weight excluding hydrogens is 380 g/mol. The molecule has 6 nitrogen and oxygen atoms in total. The van der Waals surface area contributed by atoms with Crippen LogP contribution in [0.1, 0.15) is 6.42 Å². The number of hydrogen-bond acceptors (Lipinski definition) is 6. The second-order valence-electron chi connectivity index (χ2n) is 6.04. The van der Waals surface area contributed by atoms with Crippen molar-refractivity contribution < 1.29 is 8.42 Å². The summed E-state index contributed by atoms with van der Waals surface area (Å²) in [6.07, 6.45) is 2.24. The molecule has 0 spiro atoms. The quantitative estimate of drug-likeness (QED) is 0.465. The van der Waals surface area contributed by atoms with E-state index in [0.717, 1.165) is 21.3 Å². The van der Waals surface area contributed by atoms with Crippen LogP contribution in [0.3, 0.4) is 0 Å². The molecule has 138 valence electrons. The lowest BCUT2D eigenvalue weighted by Gasteiger charge is -2.09. The Balaban J connectivity index is 1.37. The molecule has 0 fully saturated rings. The number of rotatable bonds is 7. The molecule has 0 aliphatic heterocycles. The van der Waals surface area contributed by atoms with Crippen molar-refractivity contribution in [2.45, 2.75) is 11.3 Å². The van der Waals surface area contributed by atoms with Crippen molar-refractivity contribution in [2.75, 3.05) is 18.4 Å². The zero-order valence-corrected chi connectivity index (χ0v) is 16.1. The van der Waals surface area contributed by atoms with Gasteiger partial charge in [0.2, 0.25) is 10.0 Å². The SMILES string of the molecule is O=S(=O)(NCCCNc1nsc2ccccc12)c1cccc2cccnc12. The highest BCUT2D eigenvalue weighted by Crippen LogP contribution is 2.26. The van der Waals surface area contributed by atoms with Gasteiger partial charge >= 0.3 is 0 Å². The lowest BCUT2D eigenvalue weighted by atomic mass is 10.2. The maximum Gasteiger partial charge on any atom is 0.242 e. The topological polar surface area (TPSA) is 84.0 Å². The van der Waals surface area contributed by atoms with Crippen molar-refractivity contribution in [1.82, 2.24) is 14.1 Å². The smallest absolute Gasteiger partial charge is 0.242 e. The third kappa shape index (κ3) is 3.78. The van der Waals surface area contributed by atoms with Crippen LogP contribution in [0.4, 0.5) is 5.82 Å². The van der Waals surface area contributed by atoms with Crippen LogP contribution >= 0.6 is 11.5 Å². The molecule has 27 heavy (non-hydrogen) atoms. The molecule has 0 aliphatic carbocycles. The van der Waals surface area contributed by atoms with E-state index in [-0.39, 0.29) is 4.90 Å². The zero-order chi connectivity index (χ0) is 18.7. The van der Waals surface area contributed by atoms with Crippen LogP contribution in [0.15, 0.2) is 65.7 Å². The first-order valence-corrected chi connectivity index (χ1v) is 10.8. The van der Waals surface area contributed by atoms with E-state index >= 15 is 0 Å². The average Bonchev–Trinajstić information content (AvgIpc) is 3.10. The van der Waals surface area contributed by atoms with Gasteiger partial charge in [-0.25, -0.2) is 13.1 Å². The summed E-state index contributed by atoms with van der Waals surface area (Å²) in [6.45, 7) is 0.963. The zero-order valence-electron chi connectivity index (χ0n) is 14.4. The average molecular weight is 399 g/mol. The Hall–Kier alpha value is -2.55. The highest BCUT2D eigenvalue weighted by molar-refractivity contribution is 7.89. The van der Waals surface area contributed by atoms with Crippen molar-refractivity contribution in [3.05, 3.63) is 60.8 Å². The molecule has 2 heterocycles. The van der Waals surface area contributed by atoms with Crippen LogP contribution in [0.5, 0.6) is 0 Å². The van der Waals surface area contributed by atoms with Gasteiger partial charge in [-0.1, -0.05) is 30.3 Å². The Morgan fingerprint density at radius 2 is 1.81 bits per heavy atom. The van der Waals surface area contributed by atoms with E-state index in [1.165, 1.54) is 11.5 Å². The summed E-state index contributed by atoms with van der Waals surface area (Å²) in [5, 5.41) is 5.17. The lowest BCUT2D eigenvalue weighted by Crippen LogP contribution is -2.26. The Morgan fingerprint density at radius 1 is 0.963 bits per heavy atom. The molecule has 0 atom stereocenters. The standard InChI is InChI=1S/C19H18N4O2S2/c24-27(25,17-10-3-6-14-7-4-11-20-18(14)17)22-13-5-12-21-19-15-8-1-2-9-16(15)26-23-19/h1-4,6-11,22H,5,12-13H2,(H,21,23). The van der Waals surface area contributed by atoms with Crippen LogP contribution in [0.25, 0.3) is 21.0 Å². The predicted octanol–water partition coefficient (Wildman–Crippen LogP) is 3.63. The third-order valence-electron chi connectivity index (χ3n) is 4.20. The van der Waals surface area contributed by atoms with Gasteiger partial charge in [0.25, 0.3) is 0 Å². The first-order chi connectivity index (χ1) is 13.1. The van der Waals surface area contributed by atoms with Crippen LogP contribution < -0.4 is 10.0 Å². The summed E-state index contributed by atoms with van der Waals surface area (Å²) in [5.41, 5.74) is 0.486. The van der Waals surface area contributed by atoms with Crippen LogP contribution in [-0.4, -0.2) is 30.9 Å². The highest BCUT2D eigenvalue weighted by atomic mass is 32.2. The Morgan fingerprint density at radius 3 is 2.74 bits per heavy atom. The summed E-state index contributed by atoms with van der Waals surface area (Å²) in [5.74, 6) is 0.844. The molecule has 0 amide bonds. The monoisotopic (exact) mass is 398 g/mol. The number of anilines is 1. The summed E-state index contributed by atoms with van der Waals surface area (Å²) >= 11 is 1.45. The van der Waals surface area contributed by atoms with Gasteiger partial charge in [0.05, 0.1) is 10.2 Å². The number of fused-ring (bicyclic) bond motifs is 2. The maximum absolute atomic E-state index is 12.6. The molecule has 8 heteroatoms. The molecule has 2 aromatic carbocycles. The first kappa shape index (κ1) is 17.8. The molecule has 0 aliphatic rings. The van der Waals surface area contributed by atoms with E-state index in [2.05, 4.69) is 19.4 Å². The number of para-hydroxylation sites is 1. The maximum atomic E-state index is 12.6. The normalized spacial score (nSPS) is 11.9. The minimum absolute atomic E-state index is 0.207. The summed E-state index contributed by atoms with van der Waals surface area (Å²) < 4.78 is 33.5. The Kier molecular flexibility index (Phi) is 5.02. The summed E-state index contributed by atoms with van der Waals surface area (Å²) in [7, 11) is -3.61. The predicted molar refractivity (Wildman–Crippen MR) is 110 cm³/mol. The van der Waals surface area contributed by atoms with E-state index in [4.69, 9.17) is 0 Å². The van der Waals surface area contributed by atoms with E-state index in [9.17, 15) is 8.42 Å². The molecule has 0 unspecified atom stereocenters. The van der Waals surface area contributed by atoms with E-state index in [1.807, 2.05) is 36.4 Å². The summed E-state index contributed by atoms with van der Waals surface area (Å²) in [4.78, 5) is 4.42. The number of benzene rings is 2. The van der Waals surface area contributed by atoms with Crippen molar-refractivity contribution in [3.8, 4) is 0 Å². The minimum Gasteiger partial charge on any atom is -0.369 e. The Bertz CT molecular complexity index is 1180. The van der Waals surface area contributed by atoms with Crippen molar-refractivity contribution in [2.24, 2.45) is 0 Å². The largest absolute Gasteiger partial charge is 0.369 e. The molecular formula is C19H18N4O2S2. The van der Waals surface area contributed by atoms with Crippen molar-refractivity contribution in [1.29, 1.82) is 0 Å². The number of hydrogen-bond donors (Lipinski definition) is 2. The molecule has 0 bridgehead atoms. The van der Waals surface area contributed by atoms with Gasteiger partial charge in [0.15, 0.2) is 0 Å². The first-order valence-electron chi connectivity index (χ1n) is 8.57. The summed E-state index contributed by atoms with van der Waals surface area (Å²) in [6, 6.07) is 16.8. The molecule has 4 aromatic rings. The number of aromatic nitrogens is 2. The van der Waals surface area contributed by atoms with Crippen LogP contribution in [0.2, 0.25) is 0 Å². The van der Waals surface area contributed by atoms with Gasteiger partial charge < -0.3 is 5.32 Å². The van der Waals surface area contributed by atoms with E-state index in [1.54, 1.807) is 24.4 Å². The van der Waals surface area contributed by atoms with Crippen LogP contribution in [-0.2, 0) is 10.0 Å². The lowest BCUT2D eigenvalue weighted by molar-refractivity contribution is 0.581. The second-order valence-corrected chi connectivity index (χ2v) is 8.58. The highest BCUT2D eigenvalue weighted by Gasteiger charge is 2.17. The molecule has 4 rings (SSSR count). The van der Waals surface area contributed by atoms with Gasteiger partial charge in [0, 0.05) is 30.1 Å². The fourth-order valence-corrected chi connectivity index (χ4v) is 4.89.